The standard InChI is InChI=1S/C10H16N5O14P3/c11-10-13-7-4(8(18)14-10)12-2-15(7)9-6(17)5(16)3(27-9)1-26-31(22,23)29-32(24,25)28-30(19,20)21/h3,5-6,9,16-17H,1-2H2,(H,22,23)(H,24,25)(H2,11,14,18)(H2,19,20,21)/t3-,5-,6-,9-/m1/s1. The van der Waals surface area contributed by atoms with E-state index in [1.54, 1.807) is 0 Å². The first-order valence-corrected chi connectivity index (χ1v) is 12.7. The zero-order chi connectivity index (χ0) is 24.1. The van der Waals surface area contributed by atoms with Crippen LogP contribution in [0.15, 0.2) is 15.0 Å². The molecule has 3 aliphatic heterocycles. The summed E-state index contributed by atoms with van der Waals surface area (Å²) in [4.78, 5) is 59.7. The Hall–Kier alpha value is -1.43. The van der Waals surface area contributed by atoms with E-state index in [4.69, 9.17) is 25.2 Å². The number of carbonyl (C=O) groups excluding carboxylic acids is 1. The largest absolute Gasteiger partial charge is 0.490 e. The van der Waals surface area contributed by atoms with Gasteiger partial charge in [-0.3, -0.25) is 14.3 Å². The zero-order valence-electron chi connectivity index (χ0n) is 15.4. The smallest absolute Gasteiger partial charge is 0.387 e. The normalized spacial score (nSPS) is 32.0. The molecule has 180 valence electrons. The summed E-state index contributed by atoms with van der Waals surface area (Å²) in [5.74, 6) is -1.26. The number of hydrogen-bond acceptors (Lipinski definition) is 14. The van der Waals surface area contributed by atoms with Gasteiger partial charge in [0.25, 0.3) is 0 Å². The Bertz CT molecular complexity index is 1040. The molecule has 0 radical (unpaired) electrons. The molecule has 19 nitrogen and oxygen atoms in total. The number of phosphoric acid groups is 3. The number of nitrogens with two attached hydrogens (primary N) is 1. The average Bonchev–Trinajstić information content (AvgIpc) is 3.12. The molecule has 0 aromatic rings. The van der Waals surface area contributed by atoms with Crippen LogP contribution in [0.4, 0.5) is 0 Å². The van der Waals surface area contributed by atoms with Crippen molar-refractivity contribution in [2.24, 2.45) is 20.7 Å². The van der Waals surface area contributed by atoms with Crippen LogP contribution in [0.3, 0.4) is 0 Å². The summed E-state index contributed by atoms with van der Waals surface area (Å²) in [6.07, 6.45) is -6.30. The lowest BCUT2D eigenvalue weighted by atomic mass is 10.1. The number of ether oxygens (including phenoxy) is 1. The number of amidine groups is 1. The van der Waals surface area contributed by atoms with E-state index in [0.29, 0.717) is 0 Å². The summed E-state index contributed by atoms with van der Waals surface area (Å²) in [5.41, 5.74) is 5.26. The summed E-state index contributed by atoms with van der Waals surface area (Å²) in [7, 11) is -16.8. The highest BCUT2D eigenvalue weighted by Crippen LogP contribution is 2.66. The highest BCUT2D eigenvalue weighted by molar-refractivity contribution is 7.66. The fourth-order valence-electron chi connectivity index (χ4n) is 2.79. The fourth-order valence-corrected chi connectivity index (χ4v) is 5.82. The number of amides is 1. The van der Waals surface area contributed by atoms with Crippen molar-refractivity contribution < 1.29 is 66.2 Å². The lowest BCUT2D eigenvalue weighted by Crippen LogP contribution is -2.48. The minimum atomic E-state index is -5.73. The molecule has 3 rings (SSSR count). The van der Waals surface area contributed by atoms with Crippen molar-refractivity contribution in [3.05, 3.63) is 0 Å². The minimum absolute atomic E-state index is 0.0905. The molecule has 0 bridgehead atoms. The molecule has 3 aliphatic rings. The Morgan fingerprint density at radius 1 is 1.06 bits per heavy atom. The average molecular weight is 523 g/mol. The first kappa shape index (κ1) is 25.2. The van der Waals surface area contributed by atoms with Crippen molar-refractivity contribution in [1.82, 2.24) is 4.90 Å². The van der Waals surface area contributed by atoms with E-state index >= 15 is 0 Å². The van der Waals surface area contributed by atoms with E-state index < -0.39 is 60.5 Å². The number of aliphatic hydroxyl groups is 2. The molecule has 3 heterocycles. The van der Waals surface area contributed by atoms with E-state index in [-0.39, 0.29) is 24.2 Å². The quantitative estimate of drug-likeness (QED) is 0.154. The molecule has 0 aliphatic carbocycles. The molecular formula is C10H16N5O14P3. The van der Waals surface area contributed by atoms with Crippen LogP contribution in [0, 0.1) is 0 Å². The molecule has 6 atom stereocenters. The third-order valence-corrected chi connectivity index (χ3v) is 7.77. The molecule has 1 fully saturated rings. The van der Waals surface area contributed by atoms with Gasteiger partial charge in [0.2, 0.25) is 5.96 Å². The van der Waals surface area contributed by atoms with Crippen LogP contribution >= 0.6 is 23.5 Å². The SMILES string of the molecule is NC1=NC(=O)C2=NCN([C@@H]3O[C@H](COP(=O)(O)OP(=O)(O)OP(=O)(O)O)[C@@H](O)[C@H]3O)C2=N1. The minimum Gasteiger partial charge on any atom is -0.387 e. The van der Waals surface area contributed by atoms with Gasteiger partial charge in [-0.2, -0.15) is 18.6 Å². The van der Waals surface area contributed by atoms with Crippen molar-refractivity contribution in [3.63, 3.8) is 0 Å². The first-order valence-electron chi connectivity index (χ1n) is 8.17. The lowest BCUT2D eigenvalue weighted by Gasteiger charge is -2.28. The second-order valence-corrected chi connectivity index (χ2v) is 10.7. The number of nitrogens with zero attached hydrogens (tertiary/aromatic N) is 4. The van der Waals surface area contributed by atoms with Gasteiger partial charge >= 0.3 is 29.4 Å². The molecule has 32 heavy (non-hydrogen) atoms. The Morgan fingerprint density at radius 3 is 2.34 bits per heavy atom. The van der Waals surface area contributed by atoms with Gasteiger partial charge in [-0.25, -0.2) is 13.7 Å². The fraction of sp³-hybridized carbons (Fsp3) is 0.600. The van der Waals surface area contributed by atoms with Crippen molar-refractivity contribution >= 4 is 46.9 Å². The summed E-state index contributed by atoms with van der Waals surface area (Å²) >= 11 is 0. The van der Waals surface area contributed by atoms with Crippen LogP contribution < -0.4 is 5.73 Å². The van der Waals surface area contributed by atoms with Gasteiger partial charge in [0, 0.05) is 0 Å². The van der Waals surface area contributed by atoms with Gasteiger partial charge in [0.05, 0.1) is 6.61 Å². The molecule has 0 spiro atoms. The Kier molecular flexibility index (Phi) is 6.88. The van der Waals surface area contributed by atoms with Gasteiger partial charge in [-0.1, -0.05) is 0 Å². The number of hydrogen-bond donors (Lipinski definition) is 7. The van der Waals surface area contributed by atoms with Crippen LogP contribution in [-0.2, 0) is 36.4 Å². The second-order valence-electron chi connectivity index (χ2n) is 6.26. The third-order valence-electron chi connectivity index (χ3n) is 3.97. The van der Waals surface area contributed by atoms with Gasteiger partial charge in [-0.15, -0.1) is 0 Å². The summed E-state index contributed by atoms with van der Waals surface area (Å²) in [6, 6.07) is 0. The Balaban J connectivity index is 1.64. The Labute approximate surface area is 177 Å². The van der Waals surface area contributed by atoms with Gasteiger partial charge < -0.3 is 45.2 Å². The van der Waals surface area contributed by atoms with Crippen molar-refractivity contribution in [1.29, 1.82) is 0 Å². The van der Waals surface area contributed by atoms with Gasteiger partial charge in [-0.05, 0) is 0 Å². The number of fused-ring (bicyclic) bond motifs is 1. The van der Waals surface area contributed by atoms with E-state index in [1.165, 1.54) is 0 Å². The van der Waals surface area contributed by atoms with E-state index in [0.717, 1.165) is 4.90 Å². The molecule has 1 amide bonds. The van der Waals surface area contributed by atoms with Crippen molar-refractivity contribution in [2.45, 2.75) is 24.5 Å². The highest BCUT2D eigenvalue weighted by atomic mass is 31.3. The highest BCUT2D eigenvalue weighted by Gasteiger charge is 2.50. The first-order chi connectivity index (χ1) is 14.6. The number of guanidine groups is 1. The zero-order valence-corrected chi connectivity index (χ0v) is 18.1. The molecule has 22 heteroatoms. The number of carbonyl (C=O) groups is 1. The second kappa shape index (κ2) is 8.73. The molecule has 0 aromatic carbocycles. The number of aliphatic imine (C=N–C) groups is 3. The van der Waals surface area contributed by atoms with Crippen LogP contribution in [-0.4, -0.2) is 95.9 Å². The predicted molar refractivity (Wildman–Crippen MR) is 98.7 cm³/mol. The van der Waals surface area contributed by atoms with Crippen molar-refractivity contribution in [3.8, 4) is 0 Å². The monoisotopic (exact) mass is 523 g/mol. The maximum atomic E-state index is 11.8. The topological polar surface area (TPSA) is 293 Å². The van der Waals surface area contributed by atoms with Crippen LogP contribution in [0.2, 0.25) is 0 Å². The maximum Gasteiger partial charge on any atom is 0.490 e. The number of rotatable bonds is 8. The molecule has 0 aromatic heterocycles. The van der Waals surface area contributed by atoms with Crippen LogP contribution in [0.1, 0.15) is 0 Å². The molecule has 1 saturated heterocycles. The van der Waals surface area contributed by atoms with Gasteiger partial charge in [0.15, 0.2) is 17.8 Å². The summed E-state index contributed by atoms with van der Waals surface area (Å²) < 4.78 is 50.6. The summed E-state index contributed by atoms with van der Waals surface area (Å²) in [6.45, 7) is -1.24. The predicted octanol–water partition coefficient (Wildman–Crippen LogP) is -3.26. The van der Waals surface area contributed by atoms with E-state index in [1.807, 2.05) is 0 Å². The van der Waals surface area contributed by atoms with Gasteiger partial charge in [0.1, 0.15) is 25.0 Å². The van der Waals surface area contributed by atoms with E-state index in [2.05, 4.69) is 28.1 Å². The van der Waals surface area contributed by atoms with Crippen LogP contribution in [0.25, 0.3) is 0 Å². The Morgan fingerprint density at radius 2 is 1.72 bits per heavy atom. The van der Waals surface area contributed by atoms with Crippen LogP contribution in [0.5, 0.6) is 0 Å². The molecule has 2 unspecified atom stereocenters. The molecular weight excluding hydrogens is 507 g/mol. The molecule has 0 saturated carbocycles. The molecule has 8 N–H and O–H groups in total. The summed E-state index contributed by atoms with van der Waals surface area (Å²) in [5, 5.41) is 20.4. The lowest BCUT2D eigenvalue weighted by molar-refractivity contribution is -0.111. The number of aliphatic hydroxyl groups excluding tert-OH is 2. The maximum absolute atomic E-state index is 11.8. The van der Waals surface area contributed by atoms with E-state index in [9.17, 15) is 33.6 Å². The third kappa shape index (κ3) is 5.73. The number of phosphoric ester groups is 1. The van der Waals surface area contributed by atoms with Crippen molar-refractivity contribution in [2.75, 3.05) is 13.3 Å².